The highest BCUT2D eigenvalue weighted by Crippen LogP contribution is 2.32. The first-order valence-corrected chi connectivity index (χ1v) is 17.2. The van der Waals surface area contributed by atoms with Gasteiger partial charge in [0.05, 0.1) is 13.0 Å². The molecule has 0 saturated heterocycles. The van der Waals surface area contributed by atoms with Crippen LogP contribution in [-0.4, -0.2) is 62.1 Å². The highest BCUT2D eigenvalue weighted by molar-refractivity contribution is 8.14. The van der Waals surface area contributed by atoms with E-state index in [1.165, 1.54) is 54.1 Å². The molecule has 226 valence electrons. The van der Waals surface area contributed by atoms with Crippen LogP contribution >= 0.6 is 34.9 Å². The number of amides is 2. The van der Waals surface area contributed by atoms with Gasteiger partial charge in [-0.1, -0.05) is 64.3 Å². The highest BCUT2D eigenvalue weighted by Gasteiger charge is 2.41. The van der Waals surface area contributed by atoms with Crippen molar-refractivity contribution >= 4 is 62.8 Å². The first kappa shape index (κ1) is 33.3. The summed E-state index contributed by atoms with van der Waals surface area (Å²) < 4.78 is 5.77. The van der Waals surface area contributed by atoms with Crippen molar-refractivity contribution in [1.82, 2.24) is 15.6 Å². The zero-order valence-corrected chi connectivity index (χ0v) is 26.9. The molecule has 2 N–H and O–H groups in total. The van der Waals surface area contributed by atoms with E-state index in [1.54, 1.807) is 13.0 Å². The molecule has 0 spiro atoms. The Bertz CT molecular complexity index is 1140. The van der Waals surface area contributed by atoms with Crippen LogP contribution in [-0.2, 0) is 30.5 Å². The number of carbonyl (C=O) groups excluding carboxylic acids is 4. The average Bonchev–Trinajstić information content (AvgIpc) is 3.56. The SMILES string of the molecule is CCCCCCCC(=O)SCC/C=C/C1CC(=O)NCc2nc(cs2)C2=NC(C)(CS2)C(=O)NC(C(C)C)C(=O)O1. The molecular weight excluding hydrogens is 581 g/mol. The fourth-order valence-electron chi connectivity index (χ4n) is 4.26. The zero-order chi connectivity index (χ0) is 29.8. The molecule has 2 aliphatic rings. The Kier molecular flexibility index (Phi) is 13.4. The second-order valence-corrected chi connectivity index (χ2v) is 13.9. The number of cyclic esters (lactones) is 1. The number of allylic oxidation sites excluding steroid dienone is 1. The van der Waals surface area contributed by atoms with Gasteiger partial charge in [0.25, 0.3) is 0 Å². The van der Waals surface area contributed by atoms with Crippen LogP contribution in [0.15, 0.2) is 22.5 Å². The lowest BCUT2D eigenvalue weighted by Crippen LogP contribution is -2.53. The van der Waals surface area contributed by atoms with E-state index in [0.29, 0.717) is 35.1 Å². The van der Waals surface area contributed by atoms with Crippen LogP contribution in [0.3, 0.4) is 0 Å². The van der Waals surface area contributed by atoms with E-state index in [9.17, 15) is 19.2 Å². The van der Waals surface area contributed by atoms with E-state index in [4.69, 9.17) is 4.74 Å². The Morgan fingerprint density at radius 3 is 2.78 bits per heavy atom. The molecule has 0 aliphatic carbocycles. The summed E-state index contributed by atoms with van der Waals surface area (Å²) in [5.74, 6) is -0.424. The maximum Gasteiger partial charge on any atom is 0.329 e. The van der Waals surface area contributed by atoms with Crippen LogP contribution in [0.4, 0.5) is 0 Å². The van der Waals surface area contributed by atoms with Gasteiger partial charge in [0, 0.05) is 23.3 Å². The maximum atomic E-state index is 13.3. The first-order valence-electron chi connectivity index (χ1n) is 14.4. The highest BCUT2D eigenvalue weighted by atomic mass is 32.2. The maximum absolute atomic E-state index is 13.3. The number of hydrogen-bond acceptors (Lipinski definition) is 10. The predicted molar refractivity (Wildman–Crippen MR) is 167 cm³/mol. The minimum absolute atomic E-state index is 0.0661. The lowest BCUT2D eigenvalue weighted by Gasteiger charge is -2.27. The number of thiazole rings is 1. The van der Waals surface area contributed by atoms with Crippen molar-refractivity contribution in [2.45, 2.75) is 103 Å². The molecular formula is C29H42N4O5S3. The van der Waals surface area contributed by atoms with Gasteiger partial charge in [0.1, 0.15) is 33.4 Å². The summed E-state index contributed by atoms with van der Waals surface area (Å²) in [5, 5.41) is 9.17. The zero-order valence-electron chi connectivity index (χ0n) is 24.4. The fourth-order valence-corrected chi connectivity index (χ4v) is 6.96. The standard InChI is InChI=1S/C29H42N4O5S3/c1-5-6-7-8-9-13-24(35)39-14-11-10-12-20-15-22(34)30-16-23-31-21(17-40-23)26-33-29(4,18-41-26)28(37)32-25(19(2)3)27(36)38-20/h10,12,17,19-20,25H,5-9,11,13-16,18H2,1-4H3,(H,30,34)(H,32,37)/b12-10+. The van der Waals surface area contributed by atoms with Gasteiger partial charge >= 0.3 is 5.97 Å². The van der Waals surface area contributed by atoms with Crippen LogP contribution in [0, 0.1) is 5.92 Å². The number of unbranched alkanes of at least 4 members (excludes halogenated alkanes) is 4. The Labute approximate surface area is 255 Å². The summed E-state index contributed by atoms with van der Waals surface area (Å²) in [6.45, 7) is 7.83. The topological polar surface area (TPSA) is 127 Å². The first-order chi connectivity index (χ1) is 19.6. The molecule has 3 atom stereocenters. The van der Waals surface area contributed by atoms with E-state index in [2.05, 4.69) is 27.5 Å². The van der Waals surface area contributed by atoms with Crippen molar-refractivity contribution in [3.63, 3.8) is 0 Å². The quantitative estimate of drug-likeness (QED) is 0.200. The van der Waals surface area contributed by atoms with E-state index in [-0.39, 0.29) is 35.8 Å². The smallest absolute Gasteiger partial charge is 0.329 e. The van der Waals surface area contributed by atoms with Gasteiger partial charge < -0.3 is 15.4 Å². The molecule has 4 bridgehead atoms. The number of ether oxygens (including phenoxy) is 1. The second-order valence-electron chi connectivity index (χ2n) is 10.9. The van der Waals surface area contributed by atoms with Crippen LogP contribution in [0.5, 0.6) is 0 Å². The lowest BCUT2D eigenvalue weighted by atomic mass is 10.0. The Morgan fingerprint density at radius 1 is 1.24 bits per heavy atom. The van der Waals surface area contributed by atoms with E-state index in [0.717, 1.165) is 17.8 Å². The van der Waals surface area contributed by atoms with Crippen molar-refractivity contribution in [2.75, 3.05) is 11.5 Å². The number of fused-ring (bicyclic) bond motifs is 4. The number of rotatable bonds is 11. The number of nitrogens with zero attached hydrogens (tertiary/aromatic N) is 2. The molecule has 0 aromatic carbocycles. The Balaban J connectivity index is 1.66. The number of aliphatic imine (C=N–C) groups is 1. The van der Waals surface area contributed by atoms with E-state index >= 15 is 0 Å². The molecule has 3 heterocycles. The molecule has 3 rings (SSSR count). The number of esters is 1. The van der Waals surface area contributed by atoms with Crippen LogP contribution < -0.4 is 10.6 Å². The molecule has 41 heavy (non-hydrogen) atoms. The van der Waals surface area contributed by atoms with Crippen molar-refractivity contribution in [3.8, 4) is 0 Å². The summed E-state index contributed by atoms with van der Waals surface area (Å²) in [6, 6.07) is -0.896. The van der Waals surface area contributed by atoms with Gasteiger partial charge in [0.15, 0.2) is 5.12 Å². The van der Waals surface area contributed by atoms with Gasteiger partial charge in [-0.2, -0.15) is 0 Å². The third-order valence-electron chi connectivity index (χ3n) is 6.78. The van der Waals surface area contributed by atoms with Crippen molar-refractivity contribution in [2.24, 2.45) is 10.9 Å². The summed E-state index contributed by atoms with van der Waals surface area (Å²) in [5.41, 5.74) is -0.354. The van der Waals surface area contributed by atoms with Gasteiger partial charge in [-0.25, -0.2) is 9.78 Å². The number of hydrogen-bond donors (Lipinski definition) is 2. The summed E-state index contributed by atoms with van der Waals surface area (Å²) in [6.07, 6.45) is 9.42. The number of carbonyl (C=O) groups is 4. The molecule has 0 radical (unpaired) electrons. The van der Waals surface area contributed by atoms with E-state index < -0.39 is 23.7 Å². The van der Waals surface area contributed by atoms with Gasteiger partial charge in [-0.05, 0) is 31.8 Å². The Hall–Kier alpha value is -2.18. The van der Waals surface area contributed by atoms with Crippen molar-refractivity contribution in [1.29, 1.82) is 0 Å². The van der Waals surface area contributed by atoms with Gasteiger partial charge in [-0.3, -0.25) is 19.4 Å². The van der Waals surface area contributed by atoms with Crippen LogP contribution in [0.2, 0.25) is 0 Å². The van der Waals surface area contributed by atoms with Gasteiger partial charge in [-0.15, -0.1) is 23.1 Å². The predicted octanol–water partition coefficient (Wildman–Crippen LogP) is 5.03. The lowest BCUT2D eigenvalue weighted by molar-refractivity contribution is -0.153. The molecule has 2 aliphatic heterocycles. The largest absolute Gasteiger partial charge is 0.456 e. The minimum Gasteiger partial charge on any atom is -0.456 e. The fraction of sp³-hybridized carbons (Fsp3) is 0.655. The number of thioether (sulfide) groups is 2. The third kappa shape index (κ3) is 10.6. The average molecular weight is 623 g/mol. The molecule has 12 heteroatoms. The van der Waals surface area contributed by atoms with Crippen LogP contribution in [0.25, 0.3) is 0 Å². The molecule has 1 aromatic heterocycles. The van der Waals surface area contributed by atoms with Crippen LogP contribution in [0.1, 0.15) is 89.8 Å². The molecule has 2 amide bonds. The monoisotopic (exact) mass is 622 g/mol. The summed E-state index contributed by atoms with van der Waals surface area (Å²) in [7, 11) is 0. The molecule has 0 saturated carbocycles. The van der Waals surface area contributed by atoms with Crippen molar-refractivity contribution < 1.29 is 23.9 Å². The summed E-state index contributed by atoms with van der Waals surface area (Å²) in [4.78, 5) is 60.7. The number of aromatic nitrogens is 1. The van der Waals surface area contributed by atoms with E-state index in [1.807, 2.05) is 25.3 Å². The molecule has 1 aromatic rings. The van der Waals surface area contributed by atoms with Crippen molar-refractivity contribution in [3.05, 3.63) is 28.2 Å². The molecule has 0 fully saturated rings. The third-order valence-corrected chi connectivity index (χ3v) is 9.87. The molecule has 3 unspecified atom stereocenters. The second kappa shape index (κ2) is 16.5. The normalized spacial score (nSPS) is 23.8. The Morgan fingerprint density at radius 2 is 2.02 bits per heavy atom. The van der Waals surface area contributed by atoms with Gasteiger partial charge in [0.2, 0.25) is 11.8 Å². The molecule has 9 nitrogen and oxygen atoms in total. The minimum atomic E-state index is -1.04. The number of nitrogens with one attached hydrogen (secondary N) is 2. The summed E-state index contributed by atoms with van der Waals surface area (Å²) >= 11 is 4.18.